The highest BCUT2D eigenvalue weighted by atomic mass is 32.1. The zero-order valence-electron chi connectivity index (χ0n) is 11.7. The molecule has 0 fully saturated rings. The van der Waals surface area contributed by atoms with E-state index in [1.807, 2.05) is 23.1 Å². The van der Waals surface area contributed by atoms with Crippen LogP contribution in [-0.2, 0) is 6.54 Å². The Labute approximate surface area is 126 Å². The van der Waals surface area contributed by atoms with Gasteiger partial charge in [0.05, 0.1) is 19.3 Å². The van der Waals surface area contributed by atoms with Crippen LogP contribution in [0, 0.1) is 0 Å². The number of thiophene rings is 2. The minimum Gasteiger partial charge on any atom is -0.493 e. The maximum Gasteiger partial charge on any atom is 0.161 e. The van der Waals surface area contributed by atoms with Crippen LogP contribution in [0.25, 0.3) is 9.40 Å². The summed E-state index contributed by atoms with van der Waals surface area (Å²) in [6.07, 6.45) is 1.79. The molecule has 0 saturated heterocycles. The van der Waals surface area contributed by atoms with Gasteiger partial charge in [0.25, 0.3) is 0 Å². The first kappa shape index (κ1) is 13.6. The number of nitrogens with one attached hydrogen (secondary N) is 1. The summed E-state index contributed by atoms with van der Waals surface area (Å²) in [4.78, 5) is 1.29. The highest BCUT2D eigenvalue weighted by molar-refractivity contribution is 7.27. The number of nitrogens with zero attached hydrogens (tertiary/aromatic N) is 2. The molecule has 3 aromatic heterocycles. The lowest BCUT2D eigenvalue weighted by Crippen LogP contribution is -2.21. The van der Waals surface area contributed by atoms with Crippen molar-refractivity contribution in [2.24, 2.45) is 0 Å². The van der Waals surface area contributed by atoms with E-state index in [-0.39, 0.29) is 6.04 Å². The SMILES string of the molecule is CCn1ncc(OC)c1C(NC)c1cc2sccc2s1. The predicted octanol–water partition coefficient (Wildman–Crippen LogP) is 3.50. The normalized spacial score (nSPS) is 12.9. The van der Waals surface area contributed by atoms with Gasteiger partial charge >= 0.3 is 0 Å². The number of aromatic nitrogens is 2. The van der Waals surface area contributed by atoms with Crippen LogP contribution in [-0.4, -0.2) is 23.9 Å². The molecule has 0 spiro atoms. The molecule has 0 aliphatic carbocycles. The van der Waals surface area contributed by atoms with Crippen molar-refractivity contribution in [3.05, 3.63) is 34.3 Å². The van der Waals surface area contributed by atoms with Crippen molar-refractivity contribution in [2.45, 2.75) is 19.5 Å². The summed E-state index contributed by atoms with van der Waals surface area (Å²) in [5, 5.41) is 9.93. The quantitative estimate of drug-likeness (QED) is 0.784. The van der Waals surface area contributed by atoms with Crippen molar-refractivity contribution in [3.63, 3.8) is 0 Å². The molecular formula is C14H17N3OS2. The maximum atomic E-state index is 5.47. The van der Waals surface area contributed by atoms with E-state index in [1.165, 1.54) is 14.3 Å². The number of fused-ring (bicyclic) bond motifs is 1. The summed E-state index contributed by atoms with van der Waals surface area (Å²) in [6, 6.07) is 4.55. The lowest BCUT2D eigenvalue weighted by atomic mass is 10.1. The molecule has 20 heavy (non-hydrogen) atoms. The molecular weight excluding hydrogens is 290 g/mol. The Bertz CT molecular complexity index is 663. The third-order valence-electron chi connectivity index (χ3n) is 3.37. The van der Waals surface area contributed by atoms with Gasteiger partial charge in [0.15, 0.2) is 5.75 Å². The molecule has 106 valence electrons. The molecule has 0 amide bonds. The van der Waals surface area contributed by atoms with E-state index in [9.17, 15) is 0 Å². The van der Waals surface area contributed by atoms with Crippen LogP contribution in [0.5, 0.6) is 5.75 Å². The van der Waals surface area contributed by atoms with Gasteiger partial charge in [-0.2, -0.15) is 5.10 Å². The van der Waals surface area contributed by atoms with Crippen LogP contribution >= 0.6 is 22.7 Å². The van der Waals surface area contributed by atoms with E-state index in [1.54, 1.807) is 24.6 Å². The van der Waals surface area contributed by atoms with Crippen molar-refractivity contribution in [1.82, 2.24) is 15.1 Å². The minimum absolute atomic E-state index is 0.108. The Kier molecular flexibility index (Phi) is 3.78. The first-order chi connectivity index (χ1) is 9.78. The fourth-order valence-corrected chi connectivity index (χ4v) is 4.65. The van der Waals surface area contributed by atoms with Gasteiger partial charge in [0.1, 0.15) is 5.69 Å². The lowest BCUT2D eigenvalue weighted by molar-refractivity contribution is 0.401. The Balaban J connectivity index is 2.09. The number of rotatable bonds is 5. The van der Waals surface area contributed by atoms with Gasteiger partial charge in [0.2, 0.25) is 0 Å². The Morgan fingerprint density at radius 2 is 2.30 bits per heavy atom. The molecule has 0 aliphatic rings. The van der Waals surface area contributed by atoms with Crippen LogP contribution in [0.15, 0.2) is 23.7 Å². The molecule has 0 aliphatic heterocycles. The predicted molar refractivity (Wildman–Crippen MR) is 85.1 cm³/mol. The summed E-state index contributed by atoms with van der Waals surface area (Å²) in [7, 11) is 3.67. The van der Waals surface area contributed by atoms with Gasteiger partial charge in [-0.15, -0.1) is 22.7 Å². The van der Waals surface area contributed by atoms with E-state index in [0.29, 0.717) is 0 Å². The van der Waals surface area contributed by atoms with E-state index >= 15 is 0 Å². The molecule has 6 heteroatoms. The van der Waals surface area contributed by atoms with Gasteiger partial charge in [-0.25, -0.2) is 0 Å². The summed E-state index contributed by atoms with van der Waals surface area (Å²) < 4.78 is 10.1. The smallest absolute Gasteiger partial charge is 0.161 e. The van der Waals surface area contributed by atoms with Crippen molar-refractivity contribution in [1.29, 1.82) is 0 Å². The van der Waals surface area contributed by atoms with Crippen LogP contribution in [0.2, 0.25) is 0 Å². The molecule has 0 aromatic carbocycles. The first-order valence-electron chi connectivity index (χ1n) is 6.52. The molecule has 3 aromatic rings. The monoisotopic (exact) mass is 307 g/mol. The highest BCUT2D eigenvalue weighted by Gasteiger charge is 2.23. The second-order valence-electron chi connectivity index (χ2n) is 4.43. The standard InChI is InChI=1S/C14H17N3OS2/c1-4-17-14(9(18-3)8-16-17)13(15-2)12-7-11-10(20-12)5-6-19-11/h5-8,13,15H,4H2,1-3H3. The highest BCUT2D eigenvalue weighted by Crippen LogP contribution is 2.38. The van der Waals surface area contributed by atoms with Gasteiger partial charge < -0.3 is 10.1 Å². The Morgan fingerprint density at radius 1 is 1.45 bits per heavy atom. The Morgan fingerprint density at radius 3 is 2.95 bits per heavy atom. The van der Waals surface area contributed by atoms with Crippen molar-refractivity contribution >= 4 is 32.1 Å². The fraction of sp³-hybridized carbons (Fsp3) is 0.357. The number of methoxy groups -OCH3 is 1. The third kappa shape index (κ3) is 2.13. The molecule has 0 radical (unpaired) electrons. The molecule has 0 bridgehead atoms. The number of hydrogen-bond acceptors (Lipinski definition) is 5. The molecule has 4 nitrogen and oxygen atoms in total. The van der Waals surface area contributed by atoms with E-state index in [2.05, 4.69) is 34.9 Å². The van der Waals surface area contributed by atoms with Crippen molar-refractivity contribution in [3.8, 4) is 5.75 Å². The molecule has 1 unspecified atom stereocenters. The molecule has 3 heterocycles. The van der Waals surface area contributed by atoms with Crippen LogP contribution in [0.1, 0.15) is 23.5 Å². The number of ether oxygens (including phenoxy) is 1. The average Bonchev–Trinajstić information content (AvgIpc) is 3.13. The zero-order chi connectivity index (χ0) is 14.1. The Hall–Kier alpha value is -1.37. The van der Waals surface area contributed by atoms with E-state index < -0.39 is 0 Å². The van der Waals surface area contributed by atoms with Gasteiger partial charge in [0, 0.05) is 20.8 Å². The van der Waals surface area contributed by atoms with Crippen molar-refractivity contribution in [2.75, 3.05) is 14.2 Å². The first-order valence-corrected chi connectivity index (χ1v) is 8.22. The topological polar surface area (TPSA) is 39.1 Å². The summed E-state index contributed by atoms with van der Waals surface area (Å²) in [5.41, 5.74) is 1.09. The molecule has 0 saturated carbocycles. The summed E-state index contributed by atoms with van der Waals surface area (Å²) in [5.74, 6) is 0.836. The average molecular weight is 307 g/mol. The number of hydrogen-bond donors (Lipinski definition) is 1. The van der Waals surface area contributed by atoms with E-state index in [0.717, 1.165) is 18.0 Å². The molecule has 1 N–H and O–H groups in total. The van der Waals surface area contributed by atoms with Gasteiger partial charge in [-0.3, -0.25) is 4.68 Å². The third-order valence-corrected chi connectivity index (χ3v) is 5.53. The van der Waals surface area contributed by atoms with Crippen LogP contribution in [0.4, 0.5) is 0 Å². The molecule has 1 atom stereocenters. The minimum atomic E-state index is 0.108. The lowest BCUT2D eigenvalue weighted by Gasteiger charge is -2.17. The molecule has 3 rings (SSSR count). The van der Waals surface area contributed by atoms with Crippen molar-refractivity contribution < 1.29 is 4.74 Å². The fourth-order valence-electron chi connectivity index (χ4n) is 2.42. The maximum absolute atomic E-state index is 5.47. The second-order valence-corrected chi connectivity index (χ2v) is 6.50. The van der Waals surface area contributed by atoms with E-state index in [4.69, 9.17) is 4.74 Å². The van der Waals surface area contributed by atoms with Crippen LogP contribution < -0.4 is 10.1 Å². The largest absolute Gasteiger partial charge is 0.493 e. The van der Waals surface area contributed by atoms with Gasteiger partial charge in [-0.1, -0.05) is 0 Å². The summed E-state index contributed by atoms with van der Waals surface area (Å²) in [6.45, 7) is 2.92. The van der Waals surface area contributed by atoms with Crippen LogP contribution in [0.3, 0.4) is 0 Å². The summed E-state index contributed by atoms with van der Waals surface area (Å²) >= 11 is 3.61. The second kappa shape index (κ2) is 5.55. The zero-order valence-corrected chi connectivity index (χ0v) is 13.3. The number of aryl methyl sites for hydroxylation is 1. The van der Waals surface area contributed by atoms with Gasteiger partial charge in [-0.05, 0) is 31.5 Å².